The number of rotatable bonds is 3. The van der Waals surface area contributed by atoms with Crippen molar-refractivity contribution in [3.63, 3.8) is 0 Å². The van der Waals surface area contributed by atoms with E-state index in [4.69, 9.17) is 4.74 Å². The molecule has 0 bridgehead atoms. The monoisotopic (exact) mass is 321 g/mol. The fourth-order valence-electron chi connectivity index (χ4n) is 0.963. The Labute approximate surface area is 99.1 Å². The Morgan fingerprint density at radius 2 is 2.00 bits per heavy atom. The number of pyridine rings is 1. The molecule has 0 saturated carbocycles. The van der Waals surface area contributed by atoms with Gasteiger partial charge >= 0.3 is 5.97 Å². The van der Waals surface area contributed by atoms with Gasteiger partial charge in [-0.3, -0.25) is 9.78 Å². The second kappa shape index (κ2) is 5.46. The molecule has 14 heavy (non-hydrogen) atoms. The number of nitrogens with zero attached hydrogens (tertiary/aromatic N) is 1. The zero-order valence-corrected chi connectivity index (χ0v) is 10.8. The number of hydrogen-bond acceptors (Lipinski definition) is 3. The molecule has 3 nitrogen and oxygen atoms in total. The van der Waals surface area contributed by atoms with Gasteiger partial charge in [0, 0.05) is 21.3 Å². The highest BCUT2D eigenvalue weighted by molar-refractivity contribution is 9.11. The van der Waals surface area contributed by atoms with E-state index < -0.39 is 0 Å². The lowest BCUT2D eigenvalue weighted by Crippen LogP contribution is -2.08. The molecule has 0 fully saturated rings. The summed E-state index contributed by atoms with van der Waals surface area (Å²) in [6.07, 6.45) is 3.55. The van der Waals surface area contributed by atoms with Gasteiger partial charge in [-0.05, 0) is 44.3 Å². The quantitative estimate of drug-likeness (QED) is 0.803. The smallest absolute Gasteiger partial charge is 0.310 e. The van der Waals surface area contributed by atoms with Crippen molar-refractivity contribution < 1.29 is 9.53 Å². The van der Waals surface area contributed by atoms with Crippen LogP contribution in [0.15, 0.2) is 21.3 Å². The SMILES string of the molecule is CCOC(=O)Cc1c(Br)cncc1Br. The summed E-state index contributed by atoms with van der Waals surface area (Å²) in [7, 11) is 0. The van der Waals surface area contributed by atoms with Crippen molar-refractivity contribution in [1.29, 1.82) is 0 Å². The fraction of sp³-hybridized carbons (Fsp3) is 0.333. The van der Waals surface area contributed by atoms with Crippen LogP contribution in [0, 0.1) is 0 Å². The second-order valence-electron chi connectivity index (χ2n) is 2.56. The number of aromatic nitrogens is 1. The summed E-state index contributed by atoms with van der Waals surface area (Å²) < 4.78 is 6.47. The van der Waals surface area contributed by atoms with E-state index in [1.54, 1.807) is 19.3 Å². The van der Waals surface area contributed by atoms with E-state index in [2.05, 4.69) is 36.8 Å². The summed E-state index contributed by atoms with van der Waals surface area (Å²) in [5, 5.41) is 0. The van der Waals surface area contributed by atoms with Crippen molar-refractivity contribution in [2.24, 2.45) is 0 Å². The first-order chi connectivity index (χ1) is 6.65. The minimum absolute atomic E-state index is 0.236. The molecule has 0 N–H and O–H groups in total. The lowest BCUT2D eigenvalue weighted by molar-refractivity contribution is -0.142. The Balaban J connectivity index is 2.80. The Morgan fingerprint density at radius 3 is 2.50 bits per heavy atom. The van der Waals surface area contributed by atoms with Crippen LogP contribution >= 0.6 is 31.9 Å². The third-order valence-corrected chi connectivity index (χ3v) is 2.95. The maximum absolute atomic E-state index is 11.2. The molecule has 0 atom stereocenters. The standard InChI is InChI=1S/C9H9Br2NO2/c1-2-14-9(13)3-6-7(10)4-12-5-8(6)11/h4-5H,2-3H2,1H3. The Morgan fingerprint density at radius 1 is 1.43 bits per heavy atom. The van der Waals surface area contributed by atoms with Gasteiger partial charge in [0.1, 0.15) is 0 Å². The molecule has 0 saturated heterocycles. The fourth-order valence-corrected chi connectivity index (χ4v) is 2.17. The molecule has 0 aromatic carbocycles. The minimum Gasteiger partial charge on any atom is -0.466 e. The summed E-state index contributed by atoms with van der Waals surface area (Å²) in [5.41, 5.74) is 0.860. The summed E-state index contributed by atoms with van der Waals surface area (Å²) in [5.74, 6) is -0.236. The van der Waals surface area contributed by atoms with Crippen molar-refractivity contribution in [1.82, 2.24) is 4.98 Å². The van der Waals surface area contributed by atoms with Crippen LogP contribution in [0.4, 0.5) is 0 Å². The van der Waals surface area contributed by atoms with Gasteiger partial charge in [0.2, 0.25) is 0 Å². The summed E-state index contributed by atoms with van der Waals surface area (Å²) >= 11 is 6.65. The molecule has 1 aromatic heterocycles. The third-order valence-electron chi connectivity index (χ3n) is 1.58. The van der Waals surface area contributed by atoms with E-state index in [0.717, 1.165) is 14.5 Å². The van der Waals surface area contributed by atoms with Crippen molar-refractivity contribution in [3.8, 4) is 0 Å². The molecule has 0 aliphatic carbocycles. The normalized spacial score (nSPS) is 9.93. The van der Waals surface area contributed by atoms with Gasteiger partial charge in [-0.25, -0.2) is 0 Å². The predicted molar refractivity (Wildman–Crippen MR) is 60.0 cm³/mol. The van der Waals surface area contributed by atoms with Gasteiger partial charge < -0.3 is 4.74 Å². The maximum Gasteiger partial charge on any atom is 0.310 e. The van der Waals surface area contributed by atoms with E-state index in [9.17, 15) is 4.79 Å². The van der Waals surface area contributed by atoms with Crippen LogP contribution in [0.25, 0.3) is 0 Å². The van der Waals surface area contributed by atoms with Gasteiger partial charge in [-0.15, -0.1) is 0 Å². The highest BCUT2D eigenvalue weighted by Gasteiger charge is 2.10. The molecule has 0 aliphatic heterocycles. The molecule has 76 valence electrons. The van der Waals surface area contributed by atoms with Crippen LogP contribution < -0.4 is 0 Å². The molecular weight excluding hydrogens is 314 g/mol. The summed E-state index contributed by atoms with van der Waals surface area (Å²) in [6.45, 7) is 2.19. The maximum atomic E-state index is 11.2. The number of halogens is 2. The third kappa shape index (κ3) is 3.06. The Bertz CT molecular complexity index is 321. The molecule has 5 heteroatoms. The summed E-state index contributed by atoms with van der Waals surface area (Å²) in [4.78, 5) is 15.2. The van der Waals surface area contributed by atoms with Crippen LogP contribution in [0.3, 0.4) is 0 Å². The average Bonchev–Trinajstić information content (AvgIpc) is 2.12. The predicted octanol–water partition coefficient (Wildman–Crippen LogP) is 2.71. The van der Waals surface area contributed by atoms with Gasteiger partial charge in [0.15, 0.2) is 0 Å². The number of hydrogen-bond donors (Lipinski definition) is 0. The van der Waals surface area contributed by atoms with E-state index in [-0.39, 0.29) is 12.4 Å². The molecule has 1 aromatic rings. The zero-order valence-electron chi connectivity index (χ0n) is 7.59. The topological polar surface area (TPSA) is 39.2 Å². The van der Waals surface area contributed by atoms with Crippen molar-refractivity contribution >= 4 is 37.8 Å². The van der Waals surface area contributed by atoms with Crippen molar-refractivity contribution in [3.05, 3.63) is 26.9 Å². The molecule has 0 aliphatic rings. The number of carbonyl (C=O) groups excluding carboxylic acids is 1. The average molecular weight is 323 g/mol. The Kier molecular flexibility index (Phi) is 4.54. The van der Waals surface area contributed by atoms with Gasteiger partial charge in [-0.2, -0.15) is 0 Å². The first kappa shape index (κ1) is 11.7. The highest BCUT2D eigenvalue weighted by Crippen LogP contribution is 2.24. The molecule has 1 heterocycles. The van der Waals surface area contributed by atoms with Crippen LogP contribution in [0.2, 0.25) is 0 Å². The van der Waals surface area contributed by atoms with Crippen LogP contribution in [0.1, 0.15) is 12.5 Å². The van der Waals surface area contributed by atoms with Crippen molar-refractivity contribution in [2.45, 2.75) is 13.3 Å². The second-order valence-corrected chi connectivity index (χ2v) is 4.27. The summed E-state index contributed by atoms with van der Waals surface area (Å²) in [6, 6.07) is 0. The first-order valence-electron chi connectivity index (χ1n) is 4.08. The van der Waals surface area contributed by atoms with Crippen molar-refractivity contribution in [2.75, 3.05) is 6.61 Å². The first-order valence-corrected chi connectivity index (χ1v) is 5.67. The zero-order chi connectivity index (χ0) is 10.6. The lowest BCUT2D eigenvalue weighted by atomic mass is 10.2. The van der Waals surface area contributed by atoms with E-state index >= 15 is 0 Å². The molecular formula is C9H9Br2NO2. The van der Waals surface area contributed by atoms with Crippen LogP contribution in [0.5, 0.6) is 0 Å². The van der Waals surface area contributed by atoms with E-state index in [0.29, 0.717) is 6.61 Å². The van der Waals surface area contributed by atoms with Gasteiger partial charge in [0.25, 0.3) is 0 Å². The Hall–Kier alpha value is -0.420. The largest absolute Gasteiger partial charge is 0.466 e. The van der Waals surface area contributed by atoms with Crippen LogP contribution in [-0.4, -0.2) is 17.6 Å². The van der Waals surface area contributed by atoms with E-state index in [1.165, 1.54) is 0 Å². The molecule has 0 spiro atoms. The van der Waals surface area contributed by atoms with Crippen LogP contribution in [-0.2, 0) is 16.0 Å². The molecule has 0 unspecified atom stereocenters. The highest BCUT2D eigenvalue weighted by atomic mass is 79.9. The number of ether oxygens (including phenoxy) is 1. The van der Waals surface area contributed by atoms with Gasteiger partial charge in [0.05, 0.1) is 13.0 Å². The lowest BCUT2D eigenvalue weighted by Gasteiger charge is -2.05. The molecule has 0 radical (unpaired) electrons. The molecule has 1 rings (SSSR count). The number of esters is 1. The minimum atomic E-state index is -0.236. The van der Waals surface area contributed by atoms with E-state index in [1.807, 2.05) is 0 Å². The molecule has 0 amide bonds. The van der Waals surface area contributed by atoms with Gasteiger partial charge in [-0.1, -0.05) is 0 Å². The number of carbonyl (C=O) groups is 1.